The molecule has 2 saturated carbocycles. The van der Waals surface area contributed by atoms with Crippen LogP contribution in [-0.2, 0) is 0 Å². The molecule has 0 heterocycles. The van der Waals surface area contributed by atoms with E-state index in [9.17, 15) is 8.78 Å². The Kier molecular flexibility index (Phi) is 7.07. The molecule has 0 bridgehead atoms. The van der Waals surface area contributed by atoms with Crippen LogP contribution < -0.4 is 0 Å². The Morgan fingerprint density at radius 3 is 2.04 bits per heavy atom. The summed E-state index contributed by atoms with van der Waals surface area (Å²) in [5.41, 5.74) is 1.32. The molecule has 25 heavy (non-hydrogen) atoms. The van der Waals surface area contributed by atoms with Gasteiger partial charge in [-0.15, -0.1) is 0 Å². The first-order valence-corrected chi connectivity index (χ1v) is 10.3. The summed E-state index contributed by atoms with van der Waals surface area (Å²) >= 11 is 0. The molecule has 2 fully saturated rings. The third-order valence-electron chi connectivity index (χ3n) is 6.74. The van der Waals surface area contributed by atoms with Crippen molar-refractivity contribution in [3.63, 3.8) is 0 Å². The van der Waals surface area contributed by atoms with Crippen molar-refractivity contribution in [2.24, 2.45) is 17.8 Å². The molecule has 0 aromatic heterocycles. The summed E-state index contributed by atoms with van der Waals surface area (Å²) in [6, 6.07) is 7.16. The molecule has 2 heteroatoms. The average Bonchev–Trinajstić information content (AvgIpc) is 2.67. The third kappa shape index (κ3) is 5.39. The van der Waals surface area contributed by atoms with Crippen molar-refractivity contribution in [3.8, 4) is 0 Å². The van der Waals surface area contributed by atoms with Gasteiger partial charge in [0.2, 0.25) is 0 Å². The minimum absolute atomic E-state index is 0.130. The summed E-state index contributed by atoms with van der Waals surface area (Å²) in [5.74, 6) is 3.22. The van der Waals surface area contributed by atoms with Crippen LogP contribution in [0, 0.1) is 23.6 Å². The summed E-state index contributed by atoms with van der Waals surface area (Å²) in [6.45, 7) is 0. The topological polar surface area (TPSA) is 0 Å². The van der Waals surface area contributed by atoms with Crippen LogP contribution in [0.2, 0.25) is 0 Å². The molecule has 0 aliphatic heterocycles. The predicted molar refractivity (Wildman–Crippen MR) is 101 cm³/mol. The third-order valence-corrected chi connectivity index (χ3v) is 6.74. The van der Waals surface area contributed by atoms with Gasteiger partial charge in [-0.05, 0) is 92.7 Å². The molecular formula is C23H32F2. The van der Waals surface area contributed by atoms with Gasteiger partial charge in [0.15, 0.2) is 0 Å². The van der Waals surface area contributed by atoms with Gasteiger partial charge in [-0.25, -0.2) is 8.78 Å². The van der Waals surface area contributed by atoms with Gasteiger partial charge < -0.3 is 0 Å². The van der Waals surface area contributed by atoms with Crippen molar-refractivity contribution in [3.05, 3.63) is 48.1 Å². The number of rotatable bonds is 6. The van der Waals surface area contributed by atoms with E-state index in [1.54, 1.807) is 18.2 Å². The van der Waals surface area contributed by atoms with E-state index in [2.05, 4.69) is 0 Å². The Morgan fingerprint density at radius 1 is 0.840 bits per heavy atom. The van der Waals surface area contributed by atoms with E-state index in [0.717, 1.165) is 30.6 Å². The molecular weight excluding hydrogens is 314 g/mol. The van der Waals surface area contributed by atoms with E-state index in [1.807, 2.05) is 12.1 Å². The maximum atomic E-state index is 13.1. The van der Waals surface area contributed by atoms with E-state index in [4.69, 9.17) is 0 Å². The molecule has 0 spiro atoms. The average molecular weight is 347 g/mol. The first kappa shape index (κ1) is 18.6. The highest BCUT2D eigenvalue weighted by Crippen LogP contribution is 2.44. The fourth-order valence-corrected chi connectivity index (χ4v) is 5.19. The molecule has 0 atom stereocenters. The zero-order chi connectivity index (χ0) is 17.5. The molecule has 0 N–H and O–H groups in total. The highest BCUT2D eigenvalue weighted by Gasteiger charge is 2.31. The Hall–Kier alpha value is -1.18. The molecule has 1 aromatic carbocycles. The molecule has 0 radical (unpaired) electrons. The van der Waals surface area contributed by atoms with Gasteiger partial charge in [0.1, 0.15) is 5.82 Å². The number of hydrogen-bond acceptors (Lipinski definition) is 0. The summed E-state index contributed by atoms with van der Waals surface area (Å²) in [5, 5.41) is 0. The molecule has 138 valence electrons. The fourth-order valence-electron chi connectivity index (χ4n) is 5.19. The van der Waals surface area contributed by atoms with Crippen LogP contribution in [0.4, 0.5) is 8.78 Å². The Morgan fingerprint density at radius 2 is 1.44 bits per heavy atom. The van der Waals surface area contributed by atoms with Crippen molar-refractivity contribution in [2.75, 3.05) is 0 Å². The largest absolute Gasteiger partial charge is 0.216 e. The molecule has 0 amide bonds. The molecule has 2 aliphatic rings. The quantitative estimate of drug-likeness (QED) is 0.466. The summed E-state index contributed by atoms with van der Waals surface area (Å²) in [4.78, 5) is 0. The summed E-state index contributed by atoms with van der Waals surface area (Å²) < 4.78 is 25.1. The molecule has 0 unspecified atom stereocenters. The Bertz CT molecular complexity index is 518. The zero-order valence-electron chi connectivity index (χ0n) is 15.3. The van der Waals surface area contributed by atoms with E-state index in [1.165, 1.54) is 63.4 Å². The molecule has 0 nitrogen and oxygen atoms in total. The number of halogens is 2. The number of allylic oxidation sites excluding steroid dienone is 1. The standard InChI is InChI=1S/C23H32F2/c24-17-3-1-2-4-18-5-7-19(8-6-18)20-9-11-21(12-10-20)22-13-15-23(25)16-14-22/h3,13-21H,1-2,4-12H2/b17-3+. The van der Waals surface area contributed by atoms with Crippen LogP contribution in [0.3, 0.4) is 0 Å². The minimum Gasteiger partial charge on any atom is -0.216 e. The van der Waals surface area contributed by atoms with Gasteiger partial charge in [0.25, 0.3) is 0 Å². The second-order valence-corrected chi connectivity index (χ2v) is 8.24. The fraction of sp³-hybridized carbons (Fsp3) is 0.652. The van der Waals surface area contributed by atoms with Crippen molar-refractivity contribution in [1.29, 1.82) is 0 Å². The van der Waals surface area contributed by atoms with Crippen molar-refractivity contribution >= 4 is 0 Å². The SMILES string of the molecule is F/C=C/CCCC1CCC(C2CCC(c3ccc(F)cc3)CC2)CC1. The van der Waals surface area contributed by atoms with Gasteiger partial charge in [0.05, 0.1) is 6.33 Å². The Balaban J connectivity index is 1.38. The van der Waals surface area contributed by atoms with Crippen LogP contribution in [0.15, 0.2) is 36.7 Å². The van der Waals surface area contributed by atoms with Crippen LogP contribution in [0.5, 0.6) is 0 Å². The summed E-state index contributed by atoms with van der Waals surface area (Å²) in [7, 11) is 0. The second kappa shape index (κ2) is 9.50. The normalized spacial score (nSPS) is 30.6. The van der Waals surface area contributed by atoms with Gasteiger partial charge >= 0.3 is 0 Å². The molecule has 0 saturated heterocycles. The molecule has 2 aliphatic carbocycles. The van der Waals surface area contributed by atoms with Crippen LogP contribution in [0.25, 0.3) is 0 Å². The van der Waals surface area contributed by atoms with Gasteiger partial charge in [-0.2, -0.15) is 0 Å². The van der Waals surface area contributed by atoms with Gasteiger partial charge in [0, 0.05) is 0 Å². The van der Waals surface area contributed by atoms with Gasteiger partial charge in [-0.1, -0.05) is 37.5 Å². The molecule has 3 rings (SSSR count). The lowest BCUT2D eigenvalue weighted by Gasteiger charge is -2.38. The second-order valence-electron chi connectivity index (χ2n) is 8.24. The lowest BCUT2D eigenvalue weighted by atomic mass is 9.68. The van der Waals surface area contributed by atoms with Crippen LogP contribution in [-0.4, -0.2) is 0 Å². The van der Waals surface area contributed by atoms with Crippen molar-refractivity contribution in [1.82, 2.24) is 0 Å². The van der Waals surface area contributed by atoms with E-state index >= 15 is 0 Å². The lowest BCUT2D eigenvalue weighted by molar-refractivity contribution is 0.156. The van der Waals surface area contributed by atoms with E-state index in [0.29, 0.717) is 12.2 Å². The minimum atomic E-state index is -0.130. The highest BCUT2D eigenvalue weighted by atomic mass is 19.1. The smallest absolute Gasteiger partial charge is 0.123 e. The first-order valence-electron chi connectivity index (χ1n) is 10.3. The van der Waals surface area contributed by atoms with Gasteiger partial charge in [-0.3, -0.25) is 0 Å². The van der Waals surface area contributed by atoms with Crippen LogP contribution >= 0.6 is 0 Å². The monoisotopic (exact) mass is 346 g/mol. The van der Waals surface area contributed by atoms with E-state index in [-0.39, 0.29) is 5.82 Å². The number of hydrogen-bond donors (Lipinski definition) is 0. The first-order chi connectivity index (χ1) is 12.3. The van der Waals surface area contributed by atoms with E-state index < -0.39 is 0 Å². The summed E-state index contributed by atoms with van der Waals surface area (Å²) in [6.07, 6.45) is 16.4. The van der Waals surface area contributed by atoms with Crippen molar-refractivity contribution < 1.29 is 8.78 Å². The Labute approximate surface area is 151 Å². The number of unbranched alkanes of at least 4 members (excludes halogenated alkanes) is 1. The van der Waals surface area contributed by atoms with Crippen molar-refractivity contribution in [2.45, 2.75) is 76.5 Å². The number of benzene rings is 1. The highest BCUT2D eigenvalue weighted by molar-refractivity contribution is 5.20. The predicted octanol–water partition coefficient (Wildman–Crippen LogP) is 7.56. The maximum absolute atomic E-state index is 13.1. The molecule has 1 aromatic rings. The maximum Gasteiger partial charge on any atom is 0.123 e. The lowest BCUT2D eigenvalue weighted by Crippen LogP contribution is -2.25. The van der Waals surface area contributed by atoms with Crippen LogP contribution in [0.1, 0.15) is 82.1 Å². The zero-order valence-corrected chi connectivity index (χ0v) is 15.3.